The van der Waals surface area contributed by atoms with Crippen molar-refractivity contribution in [3.63, 3.8) is 0 Å². The second-order valence-electron chi connectivity index (χ2n) is 3.02. The topological polar surface area (TPSA) is 64.3 Å². The first kappa shape index (κ1) is 8.80. The zero-order valence-corrected chi connectivity index (χ0v) is 7.34. The summed E-state index contributed by atoms with van der Waals surface area (Å²) in [6.07, 6.45) is 0.246. The number of rotatable bonds is 0. The van der Waals surface area contributed by atoms with Crippen LogP contribution in [-0.2, 0) is 4.79 Å². The number of halogens is 1. The predicted octanol–water partition coefficient (Wildman–Crippen LogP) is 1.13. The molecule has 4 nitrogen and oxygen atoms in total. The molecule has 1 aromatic carbocycles. The van der Waals surface area contributed by atoms with E-state index in [0.29, 0.717) is 11.4 Å². The van der Waals surface area contributed by atoms with Gasteiger partial charge < -0.3 is 15.8 Å². The van der Waals surface area contributed by atoms with E-state index >= 15 is 0 Å². The summed E-state index contributed by atoms with van der Waals surface area (Å²) >= 11 is 0. The van der Waals surface area contributed by atoms with Gasteiger partial charge in [0.2, 0.25) is 5.91 Å². The number of carbonyl (C=O) groups is 1. The molecule has 0 aromatic heterocycles. The quantitative estimate of drug-likeness (QED) is 0.611. The number of nitrogens with two attached hydrogens (primary N) is 1. The molecule has 0 saturated heterocycles. The molecule has 1 amide bonds. The predicted molar refractivity (Wildman–Crippen MR) is 49.6 cm³/mol. The zero-order chi connectivity index (χ0) is 10.1. The molecule has 1 aliphatic rings. The van der Waals surface area contributed by atoms with Crippen LogP contribution in [0.2, 0.25) is 0 Å². The van der Waals surface area contributed by atoms with E-state index < -0.39 is 5.82 Å². The number of carbonyl (C=O) groups excluding carboxylic acids is 1. The molecule has 0 aliphatic carbocycles. The number of hydrogen-bond acceptors (Lipinski definition) is 3. The van der Waals surface area contributed by atoms with Crippen molar-refractivity contribution in [1.82, 2.24) is 0 Å². The Labute approximate surface area is 79.9 Å². The summed E-state index contributed by atoms with van der Waals surface area (Å²) in [7, 11) is 0. The standard InChI is InChI=1S/C9H9FN2O2/c10-5-3-6(11)9-7(4-5)12-8(13)1-2-14-9/h3-4H,1-2,11H2,(H,12,13). The van der Waals surface area contributed by atoms with E-state index in [1.165, 1.54) is 6.07 Å². The molecule has 0 radical (unpaired) electrons. The van der Waals surface area contributed by atoms with Gasteiger partial charge >= 0.3 is 0 Å². The lowest BCUT2D eigenvalue weighted by Crippen LogP contribution is -2.10. The van der Waals surface area contributed by atoms with Gasteiger partial charge in [-0.05, 0) is 0 Å². The van der Waals surface area contributed by atoms with E-state index in [9.17, 15) is 9.18 Å². The number of anilines is 2. The van der Waals surface area contributed by atoms with Crippen LogP contribution in [0.15, 0.2) is 12.1 Å². The lowest BCUT2D eigenvalue weighted by Gasteiger charge is -2.09. The molecule has 0 saturated carbocycles. The van der Waals surface area contributed by atoms with Crippen LogP contribution in [0.4, 0.5) is 15.8 Å². The van der Waals surface area contributed by atoms with E-state index in [2.05, 4.69) is 5.32 Å². The fourth-order valence-corrected chi connectivity index (χ4v) is 1.33. The van der Waals surface area contributed by atoms with E-state index in [-0.39, 0.29) is 24.6 Å². The molecule has 0 unspecified atom stereocenters. The summed E-state index contributed by atoms with van der Waals surface area (Å²) in [5, 5.41) is 2.52. The van der Waals surface area contributed by atoms with Gasteiger partial charge in [0.1, 0.15) is 5.82 Å². The van der Waals surface area contributed by atoms with Gasteiger partial charge in [-0.3, -0.25) is 4.79 Å². The molecule has 2 rings (SSSR count). The number of nitrogen functional groups attached to an aromatic ring is 1. The van der Waals surface area contributed by atoms with Gasteiger partial charge in [0, 0.05) is 12.1 Å². The largest absolute Gasteiger partial charge is 0.489 e. The van der Waals surface area contributed by atoms with E-state index in [1.54, 1.807) is 0 Å². The summed E-state index contributed by atoms with van der Waals surface area (Å²) in [5.74, 6) is -0.349. The summed E-state index contributed by atoms with van der Waals surface area (Å²) < 4.78 is 18.2. The number of amides is 1. The lowest BCUT2D eigenvalue weighted by molar-refractivity contribution is -0.116. The third-order valence-electron chi connectivity index (χ3n) is 1.93. The highest BCUT2D eigenvalue weighted by Gasteiger charge is 2.17. The minimum atomic E-state index is -0.493. The highest BCUT2D eigenvalue weighted by Crippen LogP contribution is 2.33. The molecule has 1 heterocycles. The van der Waals surface area contributed by atoms with Gasteiger partial charge in [-0.15, -0.1) is 0 Å². The first-order chi connectivity index (χ1) is 6.66. The average molecular weight is 196 g/mol. The van der Waals surface area contributed by atoms with Crippen molar-refractivity contribution in [1.29, 1.82) is 0 Å². The third kappa shape index (κ3) is 1.48. The average Bonchev–Trinajstić information content (AvgIpc) is 2.25. The Morgan fingerprint density at radius 2 is 2.29 bits per heavy atom. The van der Waals surface area contributed by atoms with Crippen molar-refractivity contribution in [3.8, 4) is 5.75 Å². The minimum absolute atomic E-state index is 0.196. The summed E-state index contributed by atoms with van der Waals surface area (Å²) in [6.45, 7) is 0.259. The van der Waals surface area contributed by atoms with Crippen LogP contribution < -0.4 is 15.8 Å². The van der Waals surface area contributed by atoms with E-state index in [1.807, 2.05) is 0 Å². The van der Waals surface area contributed by atoms with Crippen molar-refractivity contribution in [3.05, 3.63) is 17.9 Å². The van der Waals surface area contributed by atoms with Crippen molar-refractivity contribution < 1.29 is 13.9 Å². The van der Waals surface area contributed by atoms with Gasteiger partial charge in [-0.2, -0.15) is 0 Å². The molecular formula is C9H9FN2O2. The zero-order valence-electron chi connectivity index (χ0n) is 7.34. The van der Waals surface area contributed by atoms with Crippen LogP contribution in [0, 0.1) is 5.82 Å². The summed E-state index contributed by atoms with van der Waals surface area (Å²) in [5.41, 5.74) is 6.03. The maximum atomic E-state index is 12.9. The molecule has 1 aromatic rings. The minimum Gasteiger partial charge on any atom is -0.489 e. The lowest BCUT2D eigenvalue weighted by atomic mass is 10.2. The molecule has 0 bridgehead atoms. The van der Waals surface area contributed by atoms with E-state index in [4.69, 9.17) is 10.5 Å². The number of hydrogen-bond donors (Lipinski definition) is 2. The number of benzene rings is 1. The van der Waals surface area contributed by atoms with Crippen molar-refractivity contribution in [2.75, 3.05) is 17.7 Å². The molecule has 5 heteroatoms. The number of nitrogens with one attached hydrogen (secondary N) is 1. The Morgan fingerprint density at radius 3 is 3.07 bits per heavy atom. The molecule has 0 atom stereocenters. The van der Waals surface area contributed by atoms with Crippen LogP contribution in [-0.4, -0.2) is 12.5 Å². The molecule has 0 spiro atoms. The van der Waals surface area contributed by atoms with Gasteiger partial charge in [-0.25, -0.2) is 4.39 Å². The van der Waals surface area contributed by atoms with Gasteiger partial charge in [0.05, 0.1) is 24.4 Å². The van der Waals surface area contributed by atoms with Crippen molar-refractivity contribution >= 4 is 17.3 Å². The van der Waals surface area contributed by atoms with Crippen LogP contribution in [0.25, 0.3) is 0 Å². The smallest absolute Gasteiger partial charge is 0.227 e. The third-order valence-corrected chi connectivity index (χ3v) is 1.93. The van der Waals surface area contributed by atoms with Crippen molar-refractivity contribution in [2.24, 2.45) is 0 Å². The SMILES string of the molecule is Nc1cc(F)cc2c1OCCC(=O)N2. The normalized spacial score (nSPS) is 15.1. The molecule has 14 heavy (non-hydrogen) atoms. The van der Waals surface area contributed by atoms with Crippen LogP contribution in [0.3, 0.4) is 0 Å². The second-order valence-corrected chi connectivity index (χ2v) is 3.02. The highest BCUT2D eigenvalue weighted by atomic mass is 19.1. The van der Waals surface area contributed by atoms with Gasteiger partial charge in [0.25, 0.3) is 0 Å². The first-order valence-electron chi connectivity index (χ1n) is 4.18. The molecular weight excluding hydrogens is 187 g/mol. The Morgan fingerprint density at radius 1 is 1.50 bits per heavy atom. The fraction of sp³-hybridized carbons (Fsp3) is 0.222. The van der Waals surface area contributed by atoms with E-state index in [0.717, 1.165) is 6.07 Å². The molecule has 3 N–H and O–H groups in total. The van der Waals surface area contributed by atoms with Crippen molar-refractivity contribution in [2.45, 2.75) is 6.42 Å². The summed E-state index contributed by atoms with van der Waals surface area (Å²) in [6, 6.07) is 2.35. The highest BCUT2D eigenvalue weighted by molar-refractivity contribution is 5.94. The van der Waals surface area contributed by atoms with Crippen LogP contribution >= 0.6 is 0 Å². The Bertz CT molecular complexity index is 393. The maximum absolute atomic E-state index is 12.9. The van der Waals surface area contributed by atoms with Crippen LogP contribution in [0.5, 0.6) is 5.75 Å². The molecule has 0 fully saturated rings. The monoisotopic (exact) mass is 196 g/mol. The number of ether oxygens (including phenoxy) is 1. The van der Waals surface area contributed by atoms with Gasteiger partial charge in [0.15, 0.2) is 5.75 Å². The number of fused-ring (bicyclic) bond motifs is 1. The van der Waals surface area contributed by atoms with Gasteiger partial charge in [-0.1, -0.05) is 0 Å². The Balaban J connectivity index is 2.50. The second kappa shape index (κ2) is 3.17. The molecule has 74 valence electrons. The van der Waals surface area contributed by atoms with Crippen LogP contribution in [0.1, 0.15) is 6.42 Å². The summed E-state index contributed by atoms with van der Waals surface area (Å²) in [4.78, 5) is 11.1. The Hall–Kier alpha value is -1.78. The fourth-order valence-electron chi connectivity index (χ4n) is 1.33. The first-order valence-corrected chi connectivity index (χ1v) is 4.18. The molecule has 1 aliphatic heterocycles. The Kier molecular flexibility index (Phi) is 1.99. The maximum Gasteiger partial charge on any atom is 0.227 e.